The van der Waals surface area contributed by atoms with E-state index in [1.165, 1.54) is 12.7 Å². The summed E-state index contributed by atoms with van der Waals surface area (Å²) in [5.41, 5.74) is 0.668. The Morgan fingerprint density at radius 1 is 1.02 bits per heavy atom. The monoisotopic (exact) mass is 554 g/mol. The lowest BCUT2D eigenvalue weighted by molar-refractivity contribution is -0.130. The fourth-order valence-corrected chi connectivity index (χ4v) is 4.98. The van der Waals surface area contributed by atoms with Crippen molar-refractivity contribution in [1.29, 1.82) is 0 Å². The Bertz CT molecular complexity index is 1060. The molecular weight excluding hydrogens is 510 g/mol. The van der Waals surface area contributed by atoms with Gasteiger partial charge in [-0.3, -0.25) is 9.59 Å². The number of carbonyl (C=O) groups excluding carboxylic acids is 3. The minimum absolute atomic E-state index is 0.120. The molecule has 5 N–H and O–H groups in total. The summed E-state index contributed by atoms with van der Waals surface area (Å²) in [5.74, 6) is -0.580. The quantitative estimate of drug-likeness (QED) is 0.272. The van der Waals surface area contributed by atoms with E-state index in [1.807, 2.05) is 30.3 Å². The van der Waals surface area contributed by atoms with Crippen molar-refractivity contribution >= 4 is 17.9 Å². The topological polar surface area (TPSA) is 145 Å². The molecule has 0 bridgehead atoms. The molecule has 0 unspecified atom stereocenters. The minimum atomic E-state index is -0.998. The van der Waals surface area contributed by atoms with E-state index in [2.05, 4.69) is 32.8 Å². The predicted octanol–water partition coefficient (Wildman–Crippen LogP) is 3.22. The van der Waals surface area contributed by atoms with Gasteiger partial charge in [-0.1, -0.05) is 62.4 Å². The third-order valence-electron chi connectivity index (χ3n) is 7.00. The van der Waals surface area contributed by atoms with Gasteiger partial charge in [0.1, 0.15) is 17.7 Å². The summed E-state index contributed by atoms with van der Waals surface area (Å²) in [5, 5.41) is 18.8. The molecule has 2 aromatic rings. The first-order chi connectivity index (χ1) is 19.0. The number of rotatable bonds is 12. The van der Waals surface area contributed by atoms with Gasteiger partial charge in [0, 0.05) is 19.0 Å². The number of alkyl carbamates (subject to hydrolysis) is 1. The number of aromatic amines is 1. The average molecular weight is 555 g/mol. The van der Waals surface area contributed by atoms with E-state index >= 15 is 0 Å². The summed E-state index contributed by atoms with van der Waals surface area (Å²) in [6, 6.07) is 6.74. The van der Waals surface area contributed by atoms with Crippen molar-refractivity contribution in [2.75, 3.05) is 0 Å². The van der Waals surface area contributed by atoms with Crippen LogP contribution in [0.25, 0.3) is 0 Å². The maximum absolute atomic E-state index is 13.6. The zero-order valence-electron chi connectivity index (χ0n) is 23.8. The van der Waals surface area contributed by atoms with Crippen LogP contribution in [0.5, 0.6) is 0 Å². The van der Waals surface area contributed by atoms with Crippen molar-refractivity contribution in [3.8, 4) is 0 Å². The van der Waals surface area contributed by atoms with Crippen LogP contribution in [0, 0.1) is 12.8 Å². The van der Waals surface area contributed by atoms with Crippen molar-refractivity contribution in [3.63, 3.8) is 0 Å². The zero-order valence-corrected chi connectivity index (χ0v) is 23.8. The second-order valence-electron chi connectivity index (χ2n) is 11.6. The van der Waals surface area contributed by atoms with Crippen molar-refractivity contribution in [1.82, 2.24) is 25.9 Å². The number of hydrogen-bond acceptors (Lipinski definition) is 6. The molecule has 0 aliphatic heterocycles. The molecule has 40 heavy (non-hydrogen) atoms. The molecule has 0 saturated heterocycles. The SMILES string of the molecule is [CH2][C@H](O)[C@H](CC1CCCCC1)NC(=O)[C@H](Cc1c[nH]cn1)NC(=O)[C@H](Cc1ccccc1)NC(=O)OC(C)(C)C. The molecule has 0 spiro atoms. The molecule has 1 aliphatic carbocycles. The minimum Gasteiger partial charge on any atom is -0.444 e. The van der Waals surface area contributed by atoms with Crippen LogP contribution >= 0.6 is 0 Å². The molecule has 1 aliphatic rings. The average Bonchev–Trinajstić information content (AvgIpc) is 3.40. The van der Waals surface area contributed by atoms with E-state index in [0.29, 0.717) is 18.0 Å². The van der Waals surface area contributed by atoms with Crippen LogP contribution in [0.1, 0.15) is 70.6 Å². The normalized spacial score (nSPS) is 17.2. The van der Waals surface area contributed by atoms with Gasteiger partial charge in [-0.05, 0) is 45.6 Å². The number of aliphatic hydroxyl groups excluding tert-OH is 1. The van der Waals surface area contributed by atoms with Gasteiger partial charge in [0.15, 0.2) is 0 Å². The number of H-pyrrole nitrogens is 1. The Kier molecular flexibility index (Phi) is 11.5. The molecule has 1 fully saturated rings. The van der Waals surface area contributed by atoms with Gasteiger partial charge in [0.2, 0.25) is 11.8 Å². The van der Waals surface area contributed by atoms with Gasteiger partial charge in [-0.2, -0.15) is 0 Å². The lowest BCUT2D eigenvalue weighted by Gasteiger charge is -2.30. The zero-order chi connectivity index (χ0) is 29.1. The number of carbonyl (C=O) groups is 3. The molecule has 1 heterocycles. The Balaban J connectivity index is 1.76. The van der Waals surface area contributed by atoms with E-state index in [4.69, 9.17) is 4.74 Å². The number of nitrogens with one attached hydrogen (secondary N) is 4. The lowest BCUT2D eigenvalue weighted by atomic mass is 9.84. The predicted molar refractivity (Wildman–Crippen MR) is 152 cm³/mol. The van der Waals surface area contributed by atoms with Gasteiger partial charge in [0.05, 0.1) is 24.2 Å². The van der Waals surface area contributed by atoms with Gasteiger partial charge in [-0.25, -0.2) is 9.78 Å². The number of hydrogen-bond donors (Lipinski definition) is 5. The van der Waals surface area contributed by atoms with Crippen molar-refractivity contribution < 1.29 is 24.2 Å². The Hall–Kier alpha value is -3.40. The Labute approximate surface area is 237 Å². The highest BCUT2D eigenvalue weighted by Gasteiger charge is 2.31. The second-order valence-corrected chi connectivity index (χ2v) is 11.6. The largest absolute Gasteiger partial charge is 0.444 e. The molecular formula is C30H44N5O5. The van der Waals surface area contributed by atoms with Crippen molar-refractivity contribution in [3.05, 3.63) is 61.0 Å². The highest BCUT2D eigenvalue weighted by atomic mass is 16.6. The highest BCUT2D eigenvalue weighted by molar-refractivity contribution is 5.91. The number of aliphatic hydroxyl groups is 1. The summed E-state index contributed by atoms with van der Waals surface area (Å²) in [7, 11) is 0. The van der Waals surface area contributed by atoms with Crippen LogP contribution in [-0.4, -0.2) is 62.8 Å². The maximum atomic E-state index is 13.6. The smallest absolute Gasteiger partial charge is 0.408 e. The summed E-state index contributed by atoms with van der Waals surface area (Å²) >= 11 is 0. The van der Waals surface area contributed by atoms with Crippen LogP contribution in [0.2, 0.25) is 0 Å². The first kappa shape index (κ1) is 31.1. The van der Waals surface area contributed by atoms with Gasteiger partial charge in [-0.15, -0.1) is 0 Å². The summed E-state index contributed by atoms with van der Waals surface area (Å²) < 4.78 is 5.39. The van der Waals surface area contributed by atoms with Gasteiger partial charge in [0.25, 0.3) is 0 Å². The molecule has 3 amide bonds. The van der Waals surface area contributed by atoms with Gasteiger partial charge >= 0.3 is 6.09 Å². The van der Waals surface area contributed by atoms with Crippen LogP contribution < -0.4 is 16.0 Å². The molecule has 219 valence electrons. The van der Waals surface area contributed by atoms with Crippen molar-refractivity contribution in [2.45, 2.75) is 102 Å². The van der Waals surface area contributed by atoms with Crippen LogP contribution in [0.15, 0.2) is 42.9 Å². The number of amides is 3. The van der Waals surface area contributed by atoms with Crippen LogP contribution in [0.3, 0.4) is 0 Å². The number of nitrogens with zero attached hydrogens (tertiary/aromatic N) is 1. The highest BCUT2D eigenvalue weighted by Crippen LogP contribution is 2.28. The standard InChI is InChI=1S/C30H44N5O5/c1-20(36)24(15-21-11-7-5-8-12-21)33-28(38)26(17-23-18-31-19-32-23)34-27(37)25(16-22-13-9-6-10-14-22)35-29(39)40-30(2,3)4/h6,9-10,13-14,18-21,24-26,36H,1,5,7-8,11-12,15-17H2,2-4H3,(H,31,32)(H,33,38)(H,34,37)(H,35,39)/t20-,24-,25-,26-/m0/s1. The van der Waals surface area contributed by atoms with Crippen LogP contribution in [0.4, 0.5) is 4.79 Å². The number of imidazole rings is 1. The van der Waals surface area contributed by atoms with E-state index in [9.17, 15) is 19.5 Å². The van der Waals surface area contributed by atoms with E-state index in [1.54, 1.807) is 27.0 Å². The lowest BCUT2D eigenvalue weighted by Crippen LogP contribution is -2.57. The molecule has 3 rings (SSSR count). The number of ether oxygens (including phenoxy) is 1. The number of benzene rings is 1. The van der Waals surface area contributed by atoms with Crippen molar-refractivity contribution in [2.24, 2.45) is 5.92 Å². The molecule has 1 saturated carbocycles. The summed E-state index contributed by atoms with van der Waals surface area (Å²) in [6.45, 7) is 8.98. The van der Waals surface area contributed by atoms with Gasteiger partial charge < -0.3 is 30.8 Å². The Morgan fingerprint density at radius 3 is 2.27 bits per heavy atom. The van der Waals surface area contributed by atoms with E-state index in [-0.39, 0.29) is 12.8 Å². The summed E-state index contributed by atoms with van der Waals surface area (Å²) in [4.78, 5) is 46.8. The van der Waals surface area contributed by atoms with E-state index < -0.39 is 47.7 Å². The molecule has 4 atom stereocenters. The second kappa shape index (κ2) is 14.8. The van der Waals surface area contributed by atoms with Crippen LogP contribution in [-0.2, 0) is 27.2 Å². The number of aromatic nitrogens is 2. The maximum Gasteiger partial charge on any atom is 0.408 e. The summed E-state index contributed by atoms with van der Waals surface area (Å²) in [6.07, 6.45) is 7.98. The fraction of sp³-hybridized carbons (Fsp3) is 0.567. The fourth-order valence-electron chi connectivity index (χ4n) is 4.98. The third-order valence-corrected chi connectivity index (χ3v) is 7.00. The molecule has 10 heteroatoms. The molecule has 10 nitrogen and oxygen atoms in total. The van der Waals surface area contributed by atoms with E-state index in [0.717, 1.165) is 31.2 Å². The molecule has 1 aromatic heterocycles. The third kappa shape index (κ3) is 10.6. The Morgan fingerprint density at radius 2 is 1.68 bits per heavy atom. The first-order valence-corrected chi connectivity index (χ1v) is 14.1. The first-order valence-electron chi connectivity index (χ1n) is 14.1. The molecule has 1 aromatic carbocycles. The molecule has 1 radical (unpaired) electrons.